The number of halogens is 1. The fraction of sp³-hybridized carbons (Fsp3) is 0.467. The molecule has 0 radical (unpaired) electrons. The summed E-state index contributed by atoms with van der Waals surface area (Å²) in [4.78, 5) is 15.8. The number of rotatable bonds is 3. The Morgan fingerprint density at radius 1 is 1.36 bits per heavy atom. The van der Waals surface area contributed by atoms with Gasteiger partial charge in [-0.15, -0.1) is 10.2 Å². The number of nitrogens with one attached hydrogen (secondary N) is 1. The lowest BCUT2D eigenvalue weighted by Crippen LogP contribution is -2.32. The smallest absolute Gasteiger partial charge is 0.308 e. The van der Waals surface area contributed by atoms with E-state index in [9.17, 15) is 4.79 Å². The van der Waals surface area contributed by atoms with E-state index in [1.807, 2.05) is 6.07 Å². The van der Waals surface area contributed by atoms with Crippen molar-refractivity contribution < 1.29 is 9.53 Å². The molecule has 7 heteroatoms. The Bertz CT molecular complexity index is 694. The van der Waals surface area contributed by atoms with Gasteiger partial charge in [0.2, 0.25) is 0 Å². The van der Waals surface area contributed by atoms with Crippen molar-refractivity contribution in [3.63, 3.8) is 0 Å². The van der Waals surface area contributed by atoms with E-state index < -0.39 is 0 Å². The molecule has 0 spiro atoms. The lowest BCUT2D eigenvalue weighted by molar-refractivity contribution is -0.146. The number of carbonyl (C=O) groups is 1. The van der Waals surface area contributed by atoms with E-state index >= 15 is 0 Å². The molecule has 0 bridgehead atoms. The molecular formula is C15H17ClN4O2. The van der Waals surface area contributed by atoms with Crippen LogP contribution in [0.2, 0.25) is 5.15 Å². The minimum absolute atomic E-state index is 0.0514. The second-order valence-electron chi connectivity index (χ2n) is 5.49. The first-order chi connectivity index (χ1) is 10.7. The lowest BCUT2D eigenvalue weighted by atomic mass is 9.85. The molecule has 2 aromatic heterocycles. The molecule has 116 valence electrons. The summed E-state index contributed by atoms with van der Waals surface area (Å²) in [6.07, 6.45) is 6.97. The van der Waals surface area contributed by atoms with Crippen LogP contribution in [0.15, 0.2) is 18.5 Å². The van der Waals surface area contributed by atoms with Crippen LogP contribution in [0.3, 0.4) is 0 Å². The van der Waals surface area contributed by atoms with Gasteiger partial charge >= 0.3 is 5.97 Å². The molecule has 0 unspecified atom stereocenters. The van der Waals surface area contributed by atoms with Crippen LogP contribution in [0.4, 0.5) is 5.82 Å². The van der Waals surface area contributed by atoms with Gasteiger partial charge in [0.05, 0.1) is 13.0 Å². The van der Waals surface area contributed by atoms with Crippen molar-refractivity contribution in [3.8, 4) is 0 Å². The number of esters is 1. The molecule has 2 atom stereocenters. The number of aromatic nitrogens is 3. The summed E-state index contributed by atoms with van der Waals surface area (Å²) in [5.41, 5.74) is 0. The highest BCUT2D eigenvalue weighted by Crippen LogP contribution is 2.30. The molecule has 0 aromatic carbocycles. The van der Waals surface area contributed by atoms with Crippen LogP contribution < -0.4 is 5.32 Å². The van der Waals surface area contributed by atoms with Gasteiger partial charge in [-0.05, 0) is 25.3 Å². The third-order valence-electron chi connectivity index (χ3n) is 4.09. The highest BCUT2D eigenvalue weighted by Gasteiger charge is 2.28. The number of hydrogen-bond acceptors (Lipinski definition) is 6. The monoisotopic (exact) mass is 320 g/mol. The van der Waals surface area contributed by atoms with Crippen molar-refractivity contribution in [3.05, 3.63) is 23.6 Å². The number of fused-ring (bicyclic) bond motifs is 1. The molecule has 2 aromatic rings. The average molecular weight is 321 g/mol. The van der Waals surface area contributed by atoms with Gasteiger partial charge in [0, 0.05) is 29.2 Å². The molecule has 0 amide bonds. The third kappa shape index (κ3) is 2.97. The fourth-order valence-electron chi connectivity index (χ4n) is 2.97. The Balaban J connectivity index is 1.81. The fourth-order valence-corrected chi connectivity index (χ4v) is 3.16. The average Bonchev–Trinajstić information content (AvgIpc) is 2.57. The molecule has 1 N–H and O–H groups in total. The third-order valence-corrected chi connectivity index (χ3v) is 4.37. The SMILES string of the molecule is COC(=O)[C@H]1CCC[C@@H](Nc2nnc(Cl)c3cnccc23)C1. The summed E-state index contributed by atoms with van der Waals surface area (Å²) in [7, 11) is 1.44. The van der Waals surface area contributed by atoms with Gasteiger partial charge < -0.3 is 10.1 Å². The topological polar surface area (TPSA) is 77.0 Å². The maximum absolute atomic E-state index is 11.7. The van der Waals surface area contributed by atoms with Crippen LogP contribution in [0.1, 0.15) is 25.7 Å². The van der Waals surface area contributed by atoms with Crippen molar-refractivity contribution in [1.29, 1.82) is 0 Å². The minimum atomic E-state index is -0.136. The highest BCUT2D eigenvalue weighted by molar-refractivity contribution is 6.34. The van der Waals surface area contributed by atoms with E-state index in [1.54, 1.807) is 12.4 Å². The van der Waals surface area contributed by atoms with Crippen LogP contribution in [-0.2, 0) is 9.53 Å². The van der Waals surface area contributed by atoms with Crippen molar-refractivity contribution in [1.82, 2.24) is 15.2 Å². The number of hydrogen-bond donors (Lipinski definition) is 1. The van der Waals surface area contributed by atoms with Gasteiger partial charge in [0.1, 0.15) is 0 Å². The zero-order valence-electron chi connectivity index (χ0n) is 12.3. The molecule has 3 rings (SSSR count). The van der Waals surface area contributed by atoms with E-state index in [0.29, 0.717) is 11.0 Å². The number of anilines is 1. The zero-order chi connectivity index (χ0) is 15.5. The Hall–Kier alpha value is -1.95. The largest absolute Gasteiger partial charge is 0.469 e. The molecule has 22 heavy (non-hydrogen) atoms. The summed E-state index contributed by atoms with van der Waals surface area (Å²) in [6.45, 7) is 0. The number of methoxy groups -OCH3 is 1. The van der Waals surface area contributed by atoms with E-state index in [2.05, 4.69) is 20.5 Å². The maximum Gasteiger partial charge on any atom is 0.308 e. The van der Waals surface area contributed by atoms with Crippen molar-refractivity contribution >= 4 is 34.2 Å². The van der Waals surface area contributed by atoms with Crippen LogP contribution in [0, 0.1) is 5.92 Å². The van der Waals surface area contributed by atoms with Gasteiger partial charge in [-0.2, -0.15) is 0 Å². The molecule has 0 saturated heterocycles. The Morgan fingerprint density at radius 3 is 3.05 bits per heavy atom. The first-order valence-electron chi connectivity index (χ1n) is 7.29. The summed E-state index contributed by atoms with van der Waals surface area (Å²) >= 11 is 6.05. The summed E-state index contributed by atoms with van der Waals surface area (Å²) in [6, 6.07) is 2.03. The van der Waals surface area contributed by atoms with Crippen molar-refractivity contribution in [2.75, 3.05) is 12.4 Å². The van der Waals surface area contributed by atoms with Crippen LogP contribution in [0.5, 0.6) is 0 Å². The predicted molar refractivity (Wildman–Crippen MR) is 83.7 cm³/mol. The van der Waals surface area contributed by atoms with Gasteiger partial charge in [-0.25, -0.2) is 0 Å². The normalized spacial score (nSPS) is 21.5. The Labute approximate surface area is 133 Å². The van der Waals surface area contributed by atoms with Crippen LogP contribution in [-0.4, -0.2) is 34.3 Å². The Morgan fingerprint density at radius 2 is 2.23 bits per heavy atom. The summed E-state index contributed by atoms with van der Waals surface area (Å²) in [5, 5.41) is 13.5. The van der Waals surface area contributed by atoms with Gasteiger partial charge in [0.15, 0.2) is 11.0 Å². The van der Waals surface area contributed by atoms with Crippen LogP contribution >= 0.6 is 11.6 Å². The number of carbonyl (C=O) groups excluding carboxylic acids is 1. The number of nitrogens with zero attached hydrogens (tertiary/aromatic N) is 3. The predicted octanol–water partition coefficient (Wildman–Crippen LogP) is 2.82. The molecule has 6 nitrogen and oxygen atoms in total. The Kier molecular flexibility index (Phi) is 4.38. The van der Waals surface area contributed by atoms with E-state index in [0.717, 1.165) is 36.5 Å². The quantitative estimate of drug-likeness (QED) is 0.876. The second kappa shape index (κ2) is 6.44. The first kappa shape index (κ1) is 15.0. The molecule has 0 aliphatic heterocycles. The molecular weight excluding hydrogens is 304 g/mol. The lowest BCUT2D eigenvalue weighted by Gasteiger charge is -2.28. The van der Waals surface area contributed by atoms with E-state index in [4.69, 9.17) is 16.3 Å². The molecule has 1 fully saturated rings. The minimum Gasteiger partial charge on any atom is -0.469 e. The van der Waals surface area contributed by atoms with Crippen LogP contribution in [0.25, 0.3) is 10.8 Å². The zero-order valence-corrected chi connectivity index (χ0v) is 13.0. The number of pyridine rings is 1. The summed E-state index contributed by atoms with van der Waals surface area (Å²) < 4.78 is 4.85. The van der Waals surface area contributed by atoms with E-state index in [-0.39, 0.29) is 17.9 Å². The molecule has 1 aliphatic carbocycles. The molecule has 2 heterocycles. The molecule has 1 saturated carbocycles. The number of ether oxygens (including phenoxy) is 1. The maximum atomic E-state index is 11.7. The standard InChI is InChI=1S/C15H17ClN4O2/c1-22-15(21)9-3-2-4-10(7-9)18-14-11-5-6-17-8-12(11)13(16)19-20-14/h5-6,8-10H,2-4,7H2,1H3,(H,18,20)/t9-,10+/m0/s1. The first-order valence-corrected chi connectivity index (χ1v) is 7.67. The highest BCUT2D eigenvalue weighted by atomic mass is 35.5. The van der Waals surface area contributed by atoms with Gasteiger partial charge in [-0.1, -0.05) is 18.0 Å². The molecule has 1 aliphatic rings. The second-order valence-corrected chi connectivity index (χ2v) is 5.85. The van der Waals surface area contributed by atoms with Crippen molar-refractivity contribution in [2.24, 2.45) is 5.92 Å². The summed E-state index contributed by atoms with van der Waals surface area (Å²) in [5.74, 6) is 0.490. The van der Waals surface area contributed by atoms with Gasteiger partial charge in [-0.3, -0.25) is 9.78 Å². The van der Waals surface area contributed by atoms with Crippen molar-refractivity contribution in [2.45, 2.75) is 31.7 Å². The van der Waals surface area contributed by atoms with Gasteiger partial charge in [0.25, 0.3) is 0 Å². The van der Waals surface area contributed by atoms with E-state index in [1.165, 1.54) is 7.11 Å².